The number of amides is 1. The fourth-order valence-corrected chi connectivity index (χ4v) is 3.70. The van der Waals surface area contributed by atoms with E-state index in [-0.39, 0.29) is 12.1 Å². The maximum atomic E-state index is 12.4. The number of hydrogen-bond acceptors (Lipinski definition) is 9. The van der Waals surface area contributed by atoms with Crippen LogP contribution in [0, 0.1) is 6.92 Å². The first-order chi connectivity index (χ1) is 15.8. The van der Waals surface area contributed by atoms with Gasteiger partial charge in [-0.05, 0) is 25.1 Å². The van der Waals surface area contributed by atoms with Crippen molar-refractivity contribution in [3.05, 3.63) is 54.1 Å². The topological polar surface area (TPSA) is 135 Å². The highest BCUT2D eigenvalue weighted by molar-refractivity contribution is 5.88. The maximum absolute atomic E-state index is 12.4. The van der Waals surface area contributed by atoms with Gasteiger partial charge in [0.25, 0.3) is 5.91 Å². The smallest absolute Gasteiger partial charge is 0.260 e. The van der Waals surface area contributed by atoms with Crippen LogP contribution in [0.1, 0.15) is 17.8 Å². The quantitative estimate of drug-likeness (QED) is 0.472. The van der Waals surface area contributed by atoms with Gasteiger partial charge >= 0.3 is 0 Å². The van der Waals surface area contributed by atoms with E-state index in [1.807, 2.05) is 26.1 Å². The molecule has 4 aromatic rings. The van der Waals surface area contributed by atoms with Gasteiger partial charge in [-0.3, -0.25) is 9.48 Å². The summed E-state index contributed by atoms with van der Waals surface area (Å²) in [7, 11) is 3.51. The van der Waals surface area contributed by atoms with Crippen LogP contribution in [0.5, 0.6) is 0 Å². The molecule has 0 radical (unpaired) electrons. The summed E-state index contributed by atoms with van der Waals surface area (Å²) in [4.78, 5) is 27.3. The number of aryl methyl sites for hydroxylation is 1. The van der Waals surface area contributed by atoms with E-state index in [0.29, 0.717) is 35.3 Å². The lowest BCUT2D eigenvalue weighted by molar-refractivity contribution is -0.143. The average molecular weight is 446 g/mol. The van der Waals surface area contributed by atoms with E-state index in [0.717, 1.165) is 11.4 Å². The molecule has 1 unspecified atom stereocenters. The Balaban J connectivity index is 1.42. The average Bonchev–Trinajstić information content (AvgIpc) is 3.52. The van der Waals surface area contributed by atoms with Crippen molar-refractivity contribution in [2.75, 3.05) is 18.9 Å². The van der Waals surface area contributed by atoms with Gasteiger partial charge in [-0.2, -0.15) is 5.10 Å². The van der Waals surface area contributed by atoms with Gasteiger partial charge in [-0.25, -0.2) is 15.0 Å². The van der Waals surface area contributed by atoms with E-state index in [2.05, 4.69) is 30.5 Å². The maximum Gasteiger partial charge on any atom is 0.260 e. The molecule has 0 bridgehead atoms. The van der Waals surface area contributed by atoms with E-state index in [9.17, 15) is 9.90 Å². The number of rotatable bonds is 5. The van der Waals surface area contributed by atoms with Crippen LogP contribution >= 0.6 is 0 Å². The third kappa shape index (κ3) is 3.61. The molecule has 0 aromatic carbocycles. The number of nitrogens with one attached hydrogen (secondary N) is 1. The summed E-state index contributed by atoms with van der Waals surface area (Å²) in [5, 5.41) is 22.1. The van der Waals surface area contributed by atoms with Gasteiger partial charge in [0.15, 0.2) is 11.4 Å². The van der Waals surface area contributed by atoms with Crippen LogP contribution in [0.4, 0.5) is 11.6 Å². The number of hydrogen-bond donors (Lipinski definition) is 2. The molecule has 1 saturated heterocycles. The summed E-state index contributed by atoms with van der Waals surface area (Å²) < 4.78 is 7.18. The number of carbonyl (C=O) groups is 1. The number of likely N-dealkylation sites (tertiary alicyclic amines) is 1. The van der Waals surface area contributed by atoms with Crippen LogP contribution in [0.15, 0.2) is 47.2 Å². The molecule has 1 aliphatic heterocycles. The van der Waals surface area contributed by atoms with Crippen molar-refractivity contribution in [1.82, 2.24) is 34.8 Å². The van der Waals surface area contributed by atoms with Crippen LogP contribution in [0.2, 0.25) is 0 Å². The Bertz CT molecular complexity index is 1350. The van der Waals surface area contributed by atoms with Crippen molar-refractivity contribution in [3.63, 3.8) is 0 Å². The molecule has 33 heavy (non-hydrogen) atoms. The van der Waals surface area contributed by atoms with Gasteiger partial charge in [-0.15, -0.1) is 0 Å². The molecule has 11 heteroatoms. The fourth-order valence-electron chi connectivity index (χ4n) is 3.70. The van der Waals surface area contributed by atoms with Gasteiger partial charge in [0.05, 0.1) is 29.0 Å². The molecule has 0 saturated carbocycles. The lowest BCUT2D eigenvalue weighted by Gasteiger charge is -2.16. The van der Waals surface area contributed by atoms with Gasteiger partial charge in [-0.1, -0.05) is 11.2 Å². The molecular formula is C22H22N8O3. The molecule has 1 fully saturated rings. The lowest BCUT2D eigenvalue weighted by Crippen LogP contribution is -2.36. The highest BCUT2D eigenvalue weighted by Gasteiger charge is 2.47. The Morgan fingerprint density at radius 3 is 2.67 bits per heavy atom. The standard InChI is InChI=1S/C22H22N8O3/c1-13-17(12-24-30(13)3)27-21-23-9-7-15(26-21)14-5-4-6-16(25-14)18-11-19(28-33-18)22(32)8-10-29(2)20(22)31/h4-7,9,11-12,32H,8,10H2,1-3H3,(H,23,26,27). The number of aliphatic hydroxyl groups is 1. The molecule has 1 atom stereocenters. The molecule has 5 heterocycles. The number of pyridine rings is 1. The predicted octanol–water partition coefficient (Wildman–Crippen LogP) is 2.03. The molecule has 168 valence electrons. The van der Waals surface area contributed by atoms with Crippen LogP contribution in [-0.2, 0) is 17.4 Å². The number of nitrogens with zero attached hydrogens (tertiary/aromatic N) is 7. The molecular weight excluding hydrogens is 424 g/mol. The Kier molecular flexibility index (Phi) is 4.90. The molecule has 4 aromatic heterocycles. The van der Waals surface area contributed by atoms with Crippen molar-refractivity contribution >= 4 is 17.5 Å². The normalized spacial score (nSPS) is 18.2. The van der Waals surface area contributed by atoms with Gasteiger partial charge in [0, 0.05) is 39.3 Å². The zero-order valence-corrected chi connectivity index (χ0v) is 18.3. The van der Waals surface area contributed by atoms with E-state index >= 15 is 0 Å². The van der Waals surface area contributed by atoms with Crippen molar-refractivity contribution in [2.45, 2.75) is 18.9 Å². The second kappa shape index (κ2) is 7.78. The van der Waals surface area contributed by atoms with Gasteiger partial charge in [0.1, 0.15) is 11.4 Å². The summed E-state index contributed by atoms with van der Waals surface area (Å²) >= 11 is 0. The van der Waals surface area contributed by atoms with Crippen LogP contribution < -0.4 is 5.32 Å². The largest absolute Gasteiger partial charge is 0.374 e. The molecule has 2 N–H and O–H groups in total. The lowest BCUT2D eigenvalue weighted by atomic mass is 9.97. The molecule has 0 spiro atoms. The molecule has 11 nitrogen and oxygen atoms in total. The second-order valence-electron chi connectivity index (χ2n) is 7.98. The molecule has 1 amide bonds. The third-order valence-corrected chi connectivity index (χ3v) is 5.84. The zero-order chi connectivity index (χ0) is 23.2. The highest BCUT2D eigenvalue weighted by Crippen LogP contribution is 2.34. The van der Waals surface area contributed by atoms with E-state index < -0.39 is 11.5 Å². The van der Waals surface area contributed by atoms with E-state index in [4.69, 9.17) is 4.52 Å². The fraction of sp³-hybridized carbons (Fsp3) is 0.273. The number of likely N-dealkylation sites (N-methyl/N-ethyl adjacent to an activating group) is 1. The van der Waals surface area contributed by atoms with Crippen LogP contribution in [-0.4, -0.2) is 59.4 Å². The van der Waals surface area contributed by atoms with Crippen molar-refractivity contribution in [2.24, 2.45) is 7.05 Å². The van der Waals surface area contributed by atoms with Gasteiger partial charge in [0.2, 0.25) is 5.95 Å². The van der Waals surface area contributed by atoms with Crippen molar-refractivity contribution in [1.29, 1.82) is 0 Å². The molecule has 5 rings (SSSR count). The first-order valence-electron chi connectivity index (χ1n) is 10.4. The summed E-state index contributed by atoms with van der Waals surface area (Å²) in [6.45, 7) is 2.40. The summed E-state index contributed by atoms with van der Waals surface area (Å²) in [5.41, 5.74) is 2.00. The minimum absolute atomic E-state index is 0.180. The Morgan fingerprint density at radius 1 is 1.15 bits per heavy atom. The van der Waals surface area contributed by atoms with Crippen molar-refractivity contribution < 1.29 is 14.4 Å². The minimum Gasteiger partial charge on any atom is -0.374 e. The summed E-state index contributed by atoms with van der Waals surface area (Å²) in [5.74, 6) is 0.374. The van der Waals surface area contributed by atoms with E-state index in [1.165, 1.54) is 4.90 Å². The first kappa shape index (κ1) is 20.8. The second-order valence-corrected chi connectivity index (χ2v) is 7.98. The minimum atomic E-state index is -1.67. The monoisotopic (exact) mass is 446 g/mol. The number of anilines is 2. The summed E-state index contributed by atoms with van der Waals surface area (Å²) in [6.07, 6.45) is 3.62. The number of aromatic nitrogens is 6. The predicted molar refractivity (Wildman–Crippen MR) is 118 cm³/mol. The summed E-state index contributed by atoms with van der Waals surface area (Å²) in [6, 6.07) is 8.73. The Labute approximate surface area is 189 Å². The highest BCUT2D eigenvalue weighted by atomic mass is 16.5. The zero-order valence-electron chi connectivity index (χ0n) is 18.3. The Hall–Kier alpha value is -4.12. The van der Waals surface area contributed by atoms with Crippen molar-refractivity contribution in [3.8, 4) is 22.8 Å². The van der Waals surface area contributed by atoms with Crippen LogP contribution in [0.3, 0.4) is 0 Å². The number of carbonyl (C=O) groups excluding carboxylic acids is 1. The molecule has 1 aliphatic rings. The molecule has 0 aliphatic carbocycles. The first-order valence-corrected chi connectivity index (χ1v) is 10.4. The van der Waals surface area contributed by atoms with Gasteiger partial charge < -0.3 is 19.8 Å². The van der Waals surface area contributed by atoms with Crippen LogP contribution in [0.25, 0.3) is 22.8 Å². The third-order valence-electron chi connectivity index (χ3n) is 5.84. The SMILES string of the molecule is Cc1c(Nc2nccc(-c3cccc(-c4cc(C5(O)CCN(C)C5=O)no4)n3)n2)cnn1C. The van der Waals surface area contributed by atoms with E-state index in [1.54, 1.807) is 42.3 Å². The Morgan fingerprint density at radius 2 is 1.94 bits per heavy atom.